The van der Waals surface area contributed by atoms with Gasteiger partial charge in [0.2, 0.25) is 5.91 Å². The topological polar surface area (TPSA) is 53.4 Å². The van der Waals surface area contributed by atoms with E-state index in [1.165, 1.54) is 12.1 Å². The van der Waals surface area contributed by atoms with Crippen LogP contribution in [0.4, 0.5) is 4.39 Å². The third-order valence-corrected chi connectivity index (χ3v) is 4.33. The maximum Gasteiger partial charge on any atom is 0.226 e. The highest BCUT2D eigenvalue weighted by atomic mass is 19.1. The van der Waals surface area contributed by atoms with Crippen LogP contribution in [0.2, 0.25) is 0 Å². The standard InChI is InChI=1S/C18H19FN2O2/c19-15-5-3-4-14(12-15)13-17(22)21-10-7-18(23,8-11-21)16-6-1-2-9-20-16/h1-6,9,12,23H,7-8,10-11,13H2. The molecule has 1 N–H and O–H groups in total. The monoisotopic (exact) mass is 314 g/mol. The minimum Gasteiger partial charge on any atom is -0.383 e. The lowest BCUT2D eigenvalue weighted by Crippen LogP contribution is -2.46. The maximum absolute atomic E-state index is 13.2. The third-order valence-electron chi connectivity index (χ3n) is 4.33. The van der Waals surface area contributed by atoms with Crippen LogP contribution < -0.4 is 0 Å². The molecule has 1 aromatic heterocycles. The fourth-order valence-electron chi connectivity index (χ4n) is 2.95. The zero-order valence-corrected chi connectivity index (χ0v) is 12.8. The number of halogens is 1. The molecule has 2 aromatic rings. The van der Waals surface area contributed by atoms with Crippen LogP contribution in [0, 0.1) is 5.82 Å². The predicted molar refractivity (Wildman–Crippen MR) is 84.1 cm³/mol. The SMILES string of the molecule is O=C(Cc1cccc(F)c1)N1CCC(O)(c2ccccn2)CC1. The Bertz CT molecular complexity index is 682. The number of amides is 1. The first-order valence-electron chi connectivity index (χ1n) is 7.73. The van der Waals surface area contributed by atoms with Crippen molar-refractivity contribution >= 4 is 5.91 Å². The lowest BCUT2D eigenvalue weighted by Gasteiger charge is -2.37. The summed E-state index contributed by atoms with van der Waals surface area (Å²) in [6, 6.07) is 11.6. The third kappa shape index (κ3) is 3.56. The van der Waals surface area contributed by atoms with Gasteiger partial charge in [0.05, 0.1) is 12.1 Å². The number of hydrogen-bond donors (Lipinski definition) is 1. The minimum atomic E-state index is -0.975. The van der Waals surface area contributed by atoms with Crippen molar-refractivity contribution in [1.29, 1.82) is 0 Å². The summed E-state index contributed by atoms with van der Waals surface area (Å²) in [4.78, 5) is 18.3. The Hall–Kier alpha value is -2.27. The molecule has 0 bridgehead atoms. The summed E-state index contributed by atoms with van der Waals surface area (Å²) in [5, 5.41) is 10.7. The van der Waals surface area contributed by atoms with Crippen LogP contribution in [0.3, 0.4) is 0 Å². The van der Waals surface area contributed by atoms with Crippen LogP contribution >= 0.6 is 0 Å². The van der Waals surface area contributed by atoms with Crippen LogP contribution in [-0.2, 0) is 16.8 Å². The van der Waals surface area contributed by atoms with E-state index in [2.05, 4.69) is 4.98 Å². The van der Waals surface area contributed by atoms with Gasteiger partial charge in [-0.15, -0.1) is 0 Å². The quantitative estimate of drug-likeness (QED) is 0.945. The summed E-state index contributed by atoms with van der Waals surface area (Å²) in [7, 11) is 0. The van der Waals surface area contributed by atoms with Crippen LogP contribution in [0.1, 0.15) is 24.1 Å². The van der Waals surface area contributed by atoms with Gasteiger partial charge < -0.3 is 10.0 Å². The van der Waals surface area contributed by atoms with E-state index in [0.29, 0.717) is 37.2 Å². The maximum atomic E-state index is 13.2. The number of nitrogens with zero attached hydrogens (tertiary/aromatic N) is 2. The molecule has 120 valence electrons. The molecule has 0 unspecified atom stereocenters. The summed E-state index contributed by atoms with van der Waals surface area (Å²) in [6.45, 7) is 0.947. The molecule has 1 saturated heterocycles. The molecule has 0 aliphatic carbocycles. The van der Waals surface area contributed by atoms with Crippen molar-refractivity contribution < 1.29 is 14.3 Å². The number of aliphatic hydroxyl groups is 1. The number of hydrogen-bond acceptors (Lipinski definition) is 3. The van der Waals surface area contributed by atoms with Gasteiger partial charge >= 0.3 is 0 Å². The number of rotatable bonds is 3. The Morgan fingerprint density at radius 1 is 1.22 bits per heavy atom. The minimum absolute atomic E-state index is 0.0429. The molecule has 0 saturated carbocycles. The first-order valence-corrected chi connectivity index (χ1v) is 7.73. The molecule has 0 spiro atoms. The highest BCUT2D eigenvalue weighted by Gasteiger charge is 2.36. The van der Waals surface area contributed by atoms with Gasteiger partial charge in [0.15, 0.2) is 0 Å². The van der Waals surface area contributed by atoms with Crippen LogP contribution in [-0.4, -0.2) is 34.0 Å². The molecule has 1 aliphatic rings. The molecule has 0 radical (unpaired) electrons. The Labute approximate surface area is 134 Å². The van der Waals surface area contributed by atoms with E-state index in [0.717, 1.165) is 0 Å². The number of likely N-dealkylation sites (tertiary alicyclic amines) is 1. The molecule has 23 heavy (non-hydrogen) atoms. The van der Waals surface area contributed by atoms with E-state index < -0.39 is 5.60 Å². The first-order chi connectivity index (χ1) is 11.1. The van der Waals surface area contributed by atoms with Crippen LogP contribution in [0.15, 0.2) is 48.7 Å². The number of carbonyl (C=O) groups excluding carboxylic acids is 1. The van der Waals surface area contributed by atoms with Gasteiger partial charge in [0.25, 0.3) is 0 Å². The van der Waals surface area contributed by atoms with Crippen molar-refractivity contribution in [2.24, 2.45) is 0 Å². The second kappa shape index (κ2) is 6.46. The zero-order valence-electron chi connectivity index (χ0n) is 12.8. The van der Waals surface area contributed by atoms with Crippen molar-refractivity contribution in [3.63, 3.8) is 0 Å². The van der Waals surface area contributed by atoms with Gasteiger partial charge in [0.1, 0.15) is 11.4 Å². The van der Waals surface area contributed by atoms with Gasteiger partial charge in [-0.1, -0.05) is 18.2 Å². The van der Waals surface area contributed by atoms with E-state index in [-0.39, 0.29) is 18.1 Å². The first kappa shape index (κ1) is 15.6. The average Bonchev–Trinajstić information content (AvgIpc) is 2.56. The predicted octanol–water partition coefficient (Wildman–Crippen LogP) is 2.27. The fourth-order valence-corrected chi connectivity index (χ4v) is 2.95. The second-order valence-corrected chi connectivity index (χ2v) is 5.93. The van der Waals surface area contributed by atoms with Gasteiger partial charge in [-0.25, -0.2) is 4.39 Å². The van der Waals surface area contributed by atoms with Crippen molar-refractivity contribution in [1.82, 2.24) is 9.88 Å². The normalized spacial score (nSPS) is 17.0. The summed E-state index contributed by atoms with van der Waals surface area (Å²) in [5.41, 5.74) is 0.342. The van der Waals surface area contributed by atoms with Crippen molar-refractivity contribution in [2.45, 2.75) is 24.9 Å². The van der Waals surface area contributed by atoms with Gasteiger partial charge in [-0.3, -0.25) is 9.78 Å². The fraction of sp³-hybridized carbons (Fsp3) is 0.333. The molecular weight excluding hydrogens is 295 g/mol. The smallest absolute Gasteiger partial charge is 0.226 e. The number of carbonyl (C=O) groups is 1. The Kier molecular flexibility index (Phi) is 4.39. The van der Waals surface area contributed by atoms with Gasteiger partial charge in [0, 0.05) is 19.3 Å². The molecule has 1 aliphatic heterocycles. The molecule has 0 atom stereocenters. The van der Waals surface area contributed by atoms with E-state index in [4.69, 9.17) is 0 Å². The lowest BCUT2D eigenvalue weighted by molar-refractivity contribution is -0.135. The number of piperidine rings is 1. The Balaban J connectivity index is 1.61. The van der Waals surface area contributed by atoms with Crippen molar-refractivity contribution in [2.75, 3.05) is 13.1 Å². The highest BCUT2D eigenvalue weighted by molar-refractivity contribution is 5.78. The van der Waals surface area contributed by atoms with Crippen LogP contribution in [0.5, 0.6) is 0 Å². The van der Waals surface area contributed by atoms with Gasteiger partial charge in [-0.05, 0) is 42.7 Å². The van der Waals surface area contributed by atoms with Gasteiger partial charge in [-0.2, -0.15) is 0 Å². The van der Waals surface area contributed by atoms with Crippen molar-refractivity contribution in [3.05, 3.63) is 65.7 Å². The largest absolute Gasteiger partial charge is 0.383 e. The molecule has 4 nitrogen and oxygen atoms in total. The number of pyridine rings is 1. The van der Waals surface area contributed by atoms with E-state index in [1.54, 1.807) is 23.2 Å². The molecule has 1 aromatic carbocycles. The molecule has 3 rings (SSSR count). The van der Waals surface area contributed by atoms with E-state index in [9.17, 15) is 14.3 Å². The molecule has 1 amide bonds. The van der Waals surface area contributed by atoms with E-state index in [1.807, 2.05) is 18.2 Å². The molecular formula is C18H19FN2O2. The summed E-state index contributed by atoms with van der Waals surface area (Å²) in [5.74, 6) is -0.378. The second-order valence-electron chi connectivity index (χ2n) is 5.93. The summed E-state index contributed by atoms with van der Waals surface area (Å²) in [6.07, 6.45) is 2.76. The summed E-state index contributed by atoms with van der Waals surface area (Å²) < 4.78 is 13.2. The highest BCUT2D eigenvalue weighted by Crippen LogP contribution is 2.31. The number of aromatic nitrogens is 1. The molecule has 2 heterocycles. The molecule has 5 heteroatoms. The van der Waals surface area contributed by atoms with E-state index >= 15 is 0 Å². The molecule has 1 fully saturated rings. The van der Waals surface area contributed by atoms with Crippen molar-refractivity contribution in [3.8, 4) is 0 Å². The number of benzene rings is 1. The van der Waals surface area contributed by atoms with Crippen LogP contribution in [0.25, 0.3) is 0 Å². The Morgan fingerprint density at radius 2 is 2.00 bits per heavy atom. The Morgan fingerprint density at radius 3 is 2.65 bits per heavy atom. The summed E-state index contributed by atoms with van der Waals surface area (Å²) >= 11 is 0. The zero-order chi connectivity index (χ0) is 16.3. The average molecular weight is 314 g/mol. The lowest BCUT2D eigenvalue weighted by atomic mass is 9.87.